The Hall–Kier alpha value is -1.24. The van der Waals surface area contributed by atoms with E-state index in [2.05, 4.69) is 41.0 Å². The first-order valence-corrected chi connectivity index (χ1v) is 11.7. The molecule has 1 N–H and O–H groups in total. The number of fused-ring (bicyclic) bond motifs is 3. The van der Waals surface area contributed by atoms with E-state index in [-0.39, 0.29) is 0 Å². The maximum Gasteiger partial charge on any atom is 0.138 e. The third kappa shape index (κ3) is 4.19. The number of thiophene rings is 1. The van der Waals surface area contributed by atoms with E-state index in [1.54, 1.807) is 6.33 Å². The predicted octanol–water partition coefficient (Wildman–Crippen LogP) is 4.37. The van der Waals surface area contributed by atoms with Crippen molar-refractivity contribution in [2.45, 2.75) is 52.9 Å². The lowest BCUT2D eigenvalue weighted by atomic mass is 9.69. The quantitative estimate of drug-likeness (QED) is 0.697. The van der Waals surface area contributed by atoms with E-state index in [0.29, 0.717) is 5.41 Å². The van der Waals surface area contributed by atoms with Crippen LogP contribution in [0.3, 0.4) is 0 Å². The summed E-state index contributed by atoms with van der Waals surface area (Å²) in [4.78, 5) is 14.4. The number of nitrogens with one attached hydrogen (secondary N) is 1. The molecule has 0 amide bonds. The van der Waals surface area contributed by atoms with Crippen LogP contribution >= 0.6 is 11.3 Å². The molecule has 2 aliphatic rings. The number of aryl methyl sites for hydroxylation is 1. The van der Waals surface area contributed by atoms with Crippen molar-refractivity contribution < 1.29 is 4.74 Å². The monoisotopic (exact) mass is 402 g/mol. The lowest BCUT2D eigenvalue weighted by Crippen LogP contribution is -2.37. The molecule has 0 spiro atoms. The SMILES string of the molecule is CCC(C)(C)[C@@H]1CCc2sc3ncnc(NCCCN4CCOCC4)c3c2C1. The van der Waals surface area contributed by atoms with Gasteiger partial charge in [-0.25, -0.2) is 9.97 Å². The molecule has 0 unspecified atom stereocenters. The average molecular weight is 403 g/mol. The van der Waals surface area contributed by atoms with Gasteiger partial charge in [0.2, 0.25) is 0 Å². The Bertz CT molecular complexity index is 797. The third-order valence-corrected chi connectivity index (χ3v) is 8.10. The first-order valence-electron chi connectivity index (χ1n) is 10.9. The Kier molecular flexibility index (Phi) is 6.18. The second-order valence-electron chi connectivity index (χ2n) is 8.92. The van der Waals surface area contributed by atoms with Gasteiger partial charge in [0.1, 0.15) is 17.0 Å². The van der Waals surface area contributed by atoms with Gasteiger partial charge in [-0.1, -0.05) is 27.2 Å². The molecule has 0 bridgehead atoms. The lowest BCUT2D eigenvalue weighted by Gasteiger charge is -2.36. The van der Waals surface area contributed by atoms with Crippen molar-refractivity contribution in [3.63, 3.8) is 0 Å². The Morgan fingerprint density at radius 2 is 2.11 bits per heavy atom. The van der Waals surface area contributed by atoms with Crippen molar-refractivity contribution in [2.75, 3.05) is 44.7 Å². The van der Waals surface area contributed by atoms with E-state index < -0.39 is 0 Å². The van der Waals surface area contributed by atoms with E-state index in [9.17, 15) is 0 Å². The van der Waals surface area contributed by atoms with Gasteiger partial charge in [-0.2, -0.15) is 0 Å². The van der Waals surface area contributed by atoms with Crippen molar-refractivity contribution in [2.24, 2.45) is 11.3 Å². The van der Waals surface area contributed by atoms with Gasteiger partial charge in [0.15, 0.2) is 0 Å². The van der Waals surface area contributed by atoms with Gasteiger partial charge in [-0.05, 0) is 49.1 Å². The zero-order valence-corrected chi connectivity index (χ0v) is 18.4. The number of aromatic nitrogens is 2. The highest BCUT2D eigenvalue weighted by atomic mass is 32.1. The molecule has 5 nitrogen and oxygen atoms in total. The molecule has 2 aromatic heterocycles. The molecule has 1 saturated heterocycles. The Balaban J connectivity index is 1.46. The fraction of sp³-hybridized carbons (Fsp3) is 0.727. The first kappa shape index (κ1) is 20.0. The summed E-state index contributed by atoms with van der Waals surface area (Å²) in [6.07, 6.45) is 7.76. The predicted molar refractivity (Wildman–Crippen MR) is 117 cm³/mol. The van der Waals surface area contributed by atoms with E-state index in [0.717, 1.165) is 62.4 Å². The van der Waals surface area contributed by atoms with E-state index in [1.165, 1.54) is 41.5 Å². The second kappa shape index (κ2) is 8.64. The van der Waals surface area contributed by atoms with Gasteiger partial charge in [0.05, 0.1) is 18.6 Å². The van der Waals surface area contributed by atoms with Crippen molar-refractivity contribution in [3.8, 4) is 0 Å². The Morgan fingerprint density at radius 1 is 1.29 bits per heavy atom. The van der Waals surface area contributed by atoms with Gasteiger partial charge in [0, 0.05) is 24.5 Å². The zero-order valence-electron chi connectivity index (χ0n) is 17.6. The van der Waals surface area contributed by atoms with E-state index >= 15 is 0 Å². The number of hydrogen-bond donors (Lipinski definition) is 1. The van der Waals surface area contributed by atoms with Gasteiger partial charge in [-0.15, -0.1) is 11.3 Å². The molecule has 4 rings (SSSR count). The molecule has 0 saturated carbocycles. The van der Waals surface area contributed by atoms with Crippen LogP contribution in [0.1, 0.15) is 50.5 Å². The largest absolute Gasteiger partial charge is 0.379 e. The molecule has 1 aliphatic heterocycles. The normalized spacial score (nSPS) is 21.0. The number of rotatable bonds is 7. The minimum Gasteiger partial charge on any atom is -0.379 e. The van der Waals surface area contributed by atoms with Crippen molar-refractivity contribution in [1.29, 1.82) is 0 Å². The molecule has 2 aromatic rings. The van der Waals surface area contributed by atoms with Crippen LogP contribution < -0.4 is 5.32 Å². The Labute approximate surface area is 172 Å². The molecule has 6 heteroatoms. The molecule has 1 fully saturated rings. The number of anilines is 1. The summed E-state index contributed by atoms with van der Waals surface area (Å²) in [6.45, 7) is 13.1. The van der Waals surface area contributed by atoms with E-state index in [1.807, 2.05) is 11.3 Å². The maximum atomic E-state index is 5.43. The topological polar surface area (TPSA) is 50.3 Å². The summed E-state index contributed by atoms with van der Waals surface area (Å²) in [6, 6.07) is 0. The van der Waals surface area contributed by atoms with Gasteiger partial charge in [-0.3, -0.25) is 4.90 Å². The molecular weight excluding hydrogens is 368 g/mol. The van der Waals surface area contributed by atoms with Crippen LogP contribution in [-0.4, -0.2) is 54.3 Å². The summed E-state index contributed by atoms with van der Waals surface area (Å²) in [7, 11) is 0. The smallest absolute Gasteiger partial charge is 0.138 e. The standard InChI is InChI=1S/C22H34N4OS/c1-4-22(2,3)16-6-7-18-17(14-16)19-20(24-15-25-21(19)28-18)23-8-5-9-26-10-12-27-13-11-26/h15-16H,4-14H2,1-3H3,(H,23,24,25)/t16-/m1/s1. The van der Waals surface area contributed by atoms with Crippen molar-refractivity contribution in [1.82, 2.24) is 14.9 Å². The van der Waals surface area contributed by atoms with E-state index in [4.69, 9.17) is 4.74 Å². The second-order valence-corrected chi connectivity index (χ2v) is 10.0. The number of morpholine rings is 1. The zero-order chi connectivity index (χ0) is 19.6. The van der Waals surface area contributed by atoms with Crippen LogP contribution in [-0.2, 0) is 17.6 Å². The molecule has 0 aromatic carbocycles. The minimum absolute atomic E-state index is 0.396. The van der Waals surface area contributed by atoms with Crippen LogP contribution in [0.2, 0.25) is 0 Å². The van der Waals surface area contributed by atoms with Gasteiger partial charge in [0.25, 0.3) is 0 Å². The van der Waals surface area contributed by atoms with Crippen molar-refractivity contribution >= 4 is 27.4 Å². The number of nitrogens with zero attached hydrogens (tertiary/aromatic N) is 3. The minimum atomic E-state index is 0.396. The van der Waals surface area contributed by atoms with Crippen LogP contribution in [0.25, 0.3) is 10.2 Å². The Morgan fingerprint density at radius 3 is 2.89 bits per heavy atom. The molecule has 3 heterocycles. The molecule has 28 heavy (non-hydrogen) atoms. The highest BCUT2D eigenvalue weighted by Crippen LogP contribution is 2.45. The first-order chi connectivity index (χ1) is 13.6. The summed E-state index contributed by atoms with van der Waals surface area (Å²) in [5.74, 6) is 1.79. The summed E-state index contributed by atoms with van der Waals surface area (Å²) in [5.41, 5.74) is 1.92. The molecule has 1 aliphatic carbocycles. The number of hydrogen-bond acceptors (Lipinski definition) is 6. The molecule has 154 valence electrons. The van der Waals surface area contributed by atoms with Crippen LogP contribution in [0, 0.1) is 11.3 Å². The summed E-state index contributed by atoms with van der Waals surface area (Å²) >= 11 is 1.88. The highest BCUT2D eigenvalue weighted by molar-refractivity contribution is 7.19. The molecular formula is C22H34N4OS. The molecule has 0 radical (unpaired) electrons. The summed E-state index contributed by atoms with van der Waals surface area (Å²) < 4.78 is 5.43. The van der Waals surface area contributed by atoms with Crippen LogP contribution in [0.15, 0.2) is 6.33 Å². The lowest BCUT2D eigenvalue weighted by molar-refractivity contribution is 0.0378. The fourth-order valence-corrected chi connectivity index (χ4v) is 5.72. The maximum absolute atomic E-state index is 5.43. The fourth-order valence-electron chi connectivity index (χ4n) is 4.53. The number of ether oxygens (including phenoxy) is 1. The van der Waals surface area contributed by atoms with Gasteiger partial charge >= 0.3 is 0 Å². The average Bonchev–Trinajstić information content (AvgIpc) is 3.10. The van der Waals surface area contributed by atoms with Gasteiger partial charge < -0.3 is 10.1 Å². The summed E-state index contributed by atoms with van der Waals surface area (Å²) in [5, 5.41) is 4.93. The third-order valence-electron chi connectivity index (χ3n) is 6.90. The van der Waals surface area contributed by atoms with Crippen LogP contribution in [0.4, 0.5) is 5.82 Å². The van der Waals surface area contributed by atoms with Crippen molar-refractivity contribution in [3.05, 3.63) is 16.8 Å². The molecule has 1 atom stereocenters. The highest BCUT2D eigenvalue weighted by Gasteiger charge is 2.33. The van der Waals surface area contributed by atoms with Crippen LogP contribution in [0.5, 0.6) is 0 Å².